The second kappa shape index (κ2) is 8.45. The first-order chi connectivity index (χ1) is 13.4. The maximum Gasteiger partial charge on any atom is 0.262 e. The number of rotatable bonds is 6. The Hall–Kier alpha value is -3.51. The number of phenols is 2. The van der Waals surface area contributed by atoms with E-state index in [1.807, 2.05) is 0 Å². The fraction of sp³-hybridized carbons (Fsp3) is 0.0476. The van der Waals surface area contributed by atoms with Crippen LogP contribution in [0.4, 0.5) is 5.69 Å². The molecule has 0 spiro atoms. The molecule has 1 amide bonds. The second-order valence-electron chi connectivity index (χ2n) is 5.87. The maximum atomic E-state index is 12.7. The number of ether oxygens (including phenoxy) is 1. The largest absolute Gasteiger partial charge is 0.508 e. The first kappa shape index (κ1) is 19.3. The van der Waals surface area contributed by atoms with Gasteiger partial charge in [-0.05, 0) is 30.3 Å². The molecule has 0 atom stereocenters. The van der Waals surface area contributed by atoms with Crippen LogP contribution in [0.1, 0.15) is 15.9 Å². The normalized spacial score (nSPS) is 10.3. The fourth-order valence-electron chi connectivity index (χ4n) is 2.51. The van der Waals surface area contributed by atoms with E-state index in [0.717, 1.165) is 6.07 Å². The zero-order valence-corrected chi connectivity index (χ0v) is 15.3. The highest BCUT2D eigenvalue weighted by Crippen LogP contribution is 2.28. The van der Waals surface area contributed by atoms with Crippen LogP contribution in [0.25, 0.3) is 0 Å². The molecule has 0 aromatic heterocycles. The molecule has 3 rings (SSSR count). The number of carbonyl (C=O) groups is 2. The second-order valence-corrected chi connectivity index (χ2v) is 6.31. The fourth-order valence-corrected chi connectivity index (χ4v) is 2.68. The van der Waals surface area contributed by atoms with Crippen molar-refractivity contribution in [1.29, 1.82) is 0 Å². The van der Waals surface area contributed by atoms with Crippen molar-refractivity contribution in [3.63, 3.8) is 0 Å². The van der Waals surface area contributed by atoms with Crippen LogP contribution in [-0.2, 0) is 4.79 Å². The van der Waals surface area contributed by atoms with E-state index in [0.29, 0.717) is 10.6 Å². The van der Waals surface area contributed by atoms with Crippen LogP contribution < -0.4 is 10.1 Å². The first-order valence-corrected chi connectivity index (χ1v) is 8.66. The molecule has 7 heteroatoms. The molecule has 3 aromatic rings. The van der Waals surface area contributed by atoms with Gasteiger partial charge in [0.2, 0.25) is 0 Å². The topological polar surface area (TPSA) is 95.9 Å². The van der Waals surface area contributed by atoms with E-state index in [4.69, 9.17) is 16.3 Å². The van der Waals surface area contributed by atoms with Gasteiger partial charge in [-0.2, -0.15) is 0 Å². The van der Waals surface area contributed by atoms with Gasteiger partial charge in [-0.15, -0.1) is 0 Å². The lowest BCUT2D eigenvalue weighted by atomic mass is 10.0. The van der Waals surface area contributed by atoms with Gasteiger partial charge in [0.1, 0.15) is 17.2 Å². The summed E-state index contributed by atoms with van der Waals surface area (Å²) in [6.07, 6.45) is 0. The number of benzene rings is 3. The molecule has 6 nitrogen and oxygen atoms in total. The minimum Gasteiger partial charge on any atom is -0.508 e. The molecule has 3 aromatic carbocycles. The number of aromatic hydroxyl groups is 2. The average molecular weight is 398 g/mol. The predicted molar refractivity (Wildman–Crippen MR) is 105 cm³/mol. The SMILES string of the molecule is O=C(COc1ccc(Cl)cc1C(=O)c1ccccc1)Nc1ccc(O)cc1O. The summed E-state index contributed by atoms with van der Waals surface area (Å²) in [7, 11) is 0. The minimum absolute atomic E-state index is 0.128. The Bertz CT molecular complexity index is 1020. The van der Waals surface area contributed by atoms with E-state index in [9.17, 15) is 19.8 Å². The predicted octanol–water partition coefficient (Wildman–Crippen LogP) is 4.00. The summed E-state index contributed by atoms with van der Waals surface area (Å²) >= 11 is 6.01. The zero-order chi connectivity index (χ0) is 20.1. The number of halogens is 1. The third-order valence-corrected chi connectivity index (χ3v) is 4.07. The summed E-state index contributed by atoms with van der Waals surface area (Å²) in [5.41, 5.74) is 0.829. The Morgan fingerprint density at radius 1 is 0.964 bits per heavy atom. The van der Waals surface area contributed by atoms with Gasteiger partial charge in [0.15, 0.2) is 12.4 Å². The van der Waals surface area contributed by atoms with E-state index in [2.05, 4.69) is 5.32 Å². The number of phenolic OH excluding ortho intramolecular Hbond substituents is 2. The van der Waals surface area contributed by atoms with Crippen LogP contribution in [0.15, 0.2) is 66.7 Å². The summed E-state index contributed by atoms with van der Waals surface area (Å²) in [5, 5.41) is 21.8. The molecule has 0 radical (unpaired) electrons. The molecule has 0 aliphatic carbocycles. The molecule has 0 saturated carbocycles. The number of nitrogens with one attached hydrogen (secondary N) is 1. The van der Waals surface area contributed by atoms with Gasteiger partial charge in [-0.1, -0.05) is 41.9 Å². The Balaban J connectivity index is 1.74. The van der Waals surface area contributed by atoms with E-state index < -0.39 is 12.5 Å². The molecular formula is C21H16ClNO5. The maximum absolute atomic E-state index is 12.7. The van der Waals surface area contributed by atoms with Crippen LogP contribution in [-0.4, -0.2) is 28.5 Å². The highest BCUT2D eigenvalue weighted by Gasteiger charge is 2.17. The molecule has 142 valence electrons. The van der Waals surface area contributed by atoms with Gasteiger partial charge in [0.05, 0.1) is 11.3 Å². The van der Waals surface area contributed by atoms with Crippen molar-refractivity contribution >= 4 is 29.0 Å². The lowest BCUT2D eigenvalue weighted by Gasteiger charge is -2.12. The highest BCUT2D eigenvalue weighted by molar-refractivity contribution is 6.31. The van der Waals surface area contributed by atoms with Crippen molar-refractivity contribution in [2.75, 3.05) is 11.9 Å². The number of hydrogen-bond donors (Lipinski definition) is 3. The number of hydrogen-bond acceptors (Lipinski definition) is 5. The Morgan fingerprint density at radius 3 is 2.43 bits per heavy atom. The van der Waals surface area contributed by atoms with E-state index in [1.165, 1.54) is 24.3 Å². The van der Waals surface area contributed by atoms with Crippen molar-refractivity contribution in [3.05, 3.63) is 82.9 Å². The van der Waals surface area contributed by atoms with Crippen LogP contribution in [0.5, 0.6) is 17.2 Å². The third kappa shape index (κ3) is 4.61. The molecule has 0 unspecified atom stereocenters. The van der Waals surface area contributed by atoms with Crippen molar-refractivity contribution in [2.45, 2.75) is 0 Å². The van der Waals surface area contributed by atoms with Gasteiger partial charge in [-0.25, -0.2) is 0 Å². The van der Waals surface area contributed by atoms with Gasteiger partial charge in [0, 0.05) is 16.7 Å². The van der Waals surface area contributed by atoms with Crippen LogP contribution in [0, 0.1) is 0 Å². The Morgan fingerprint density at radius 2 is 1.71 bits per heavy atom. The van der Waals surface area contributed by atoms with Crippen LogP contribution in [0.3, 0.4) is 0 Å². The molecular weight excluding hydrogens is 382 g/mol. The monoisotopic (exact) mass is 397 g/mol. The average Bonchev–Trinajstić information content (AvgIpc) is 2.69. The standard InChI is InChI=1S/C21H16ClNO5/c22-14-6-9-19(16(10-14)21(27)13-4-2-1-3-5-13)28-12-20(26)23-17-8-7-15(24)11-18(17)25/h1-11,24-25H,12H2,(H,23,26). The molecule has 0 bridgehead atoms. The number of anilines is 1. The van der Waals surface area contributed by atoms with Gasteiger partial charge >= 0.3 is 0 Å². The first-order valence-electron chi connectivity index (χ1n) is 8.28. The number of carbonyl (C=O) groups excluding carboxylic acids is 2. The van der Waals surface area contributed by atoms with Crippen LogP contribution in [0.2, 0.25) is 5.02 Å². The highest BCUT2D eigenvalue weighted by atomic mass is 35.5. The quantitative estimate of drug-likeness (QED) is 0.332. The Labute approximate surface area is 166 Å². The third-order valence-electron chi connectivity index (χ3n) is 3.84. The molecule has 28 heavy (non-hydrogen) atoms. The van der Waals surface area contributed by atoms with Crippen molar-refractivity contribution in [3.8, 4) is 17.2 Å². The smallest absolute Gasteiger partial charge is 0.262 e. The lowest BCUT2D eigenvalue weighted by Crippen LogP contribution is -2.21. The summed E-state index contributed by atoms with van der Waals surface area (Å²) in [4.78, 5) is 24.9. The molecule has 0 saturated heterocycles. The van der Waals surface area contributed by atoms with E-state index >= 15 is 0 Å². The van der Waals surface area contributed by atoms with Crippen LogP contribution >= 0.6 is 11.6 Å². The zero-order valence-electron chi connectivity index (χ0n) is 14.6. The number of ketones is 1. The van der Waals surface area contributed by atoms with E-state index in [-0.39, 0.29) is 34.3 Å². The van der Waals surface area contributed by atoms with Crippen molar-refractivity contribution < 1.29 is 24.5 Å². The van der Waals surface area contributed by atoms with Gasteiger partial charge < -0.3 is 20.3 Å². The lowest BCUT2D eigenvalue weighted by molar-refractivity contribution is -0.118. The molecule has 0 aliphatic heterocycles. The molecule has 0 heterocycles. The van der Waals surface area contributed by atoms with Crippen molar-refractivity contribution in [2.24, 2.45) is 0 Å². The number of amides is 1. The Kier molecular flexibility index (Phi) is 5.81. The summed E-state index contributed by atoms with van der Waals surface area (Å²) in [5.74, 6) is -1.02. The van der Waals surface area contributed by atoms with Gasteiger partial charge in [-0.3, -0.25) is 9.59 Å². The summed E-state index contributed by atoms with van der Waals surface area (Å²) in [6.45, 7) is -0.392. The van der Waals surface area contributed by atoms with Crippen molar-refractivity contribution in [1.82, 2.24) is 0 Å². The molecule has 0 aliphatic rings. The summed E-state index contributed by atoms with van der Waals surface area (Å²) < 4.78 is 5.51. The molecule has 0 fully saturated rings. The van der Waals surface area contributed by atoms with Gasteiger partial charge in [0.25, 0.3) is 5.91 Å². The minimum atomic E-state index is -0.547. The molecule has 3 N–H and O–H groups in total. The summed E-state index contributed by atoms with van der Waals surface area (Å²) in [6, 6.07) is 17.0. The van der Waals surface area contributed by atoms with E-state index in [1.54, 1.807) is 36.4 Å².